The summed E-state index contributed by atoms with van der Waals surface area (Å²) in [5.41, 5.74) is 2.86. The number of nitrogen functional groups attached to an aromatic ring is 1. The molecule has 1 unspecified atom stereocenters. The second-order valence-electron chi connectivity index (χ2n) is 7.92. The minimum atomic E-state index is -4.31. The number of aliphatic hydroxyl groups excluding tert-OH is 2. The van der Waals surface area contributed by atoms with Gasteiger partial charge in [0.15, 0.2) is 6.23 Å². The van der Waals surface area contributed by atoms with Gasteiger partial charge in [-0.2, -0.15) is 10.1 Å². The van der Waals surface area contributed by atoms with E-state index in [-0.39, 0.29) is 18.2 Å². The van der Waals surface area contributed by atoms with Crippen LogP contribution in [0.15, 0.2) is 60.0 Å². The number of carbonyl (C=O) groups excluding carboxylic acids is 1. The van der Waals surface area contributed by atoms with E-state index in [0.717, 1.165) is 10.6 Å². The molecule has 3 rings (SSSR count). The molecule has 0 aliphatic carbocycles. The SMILES string of the molecule is C=C[C@]1(COP(=O)(N[C@@H](C)C(=O)OCC)Oc2ccccc2)O[C@@H](n2ccc(N)nc2=O)[C@H](O)[C@@H]1O. The van der Waals surface area contributed by atoms with Gasteiger partial charge in [-0.25, -0.2) is 9.36 Å². The Balaban J connectivity index is 1.86. The number of para-hydroxylation sites is 1. The van der Waals surface area contributed by atoms with Crippen LogP contribution in [0, 0.1) is 0 Å². The zero-order chi connectivity index (χ0) is 26.5. The van der Waals surface area contributed by atoms with E-state index in [4.69, 9.17) is 24.3 Å². The number of anilines is 1. The lowest BCUT2D eigenvalue weighted by atomic mass is 9.96. The molecule has 13 nitrogen and oxygen atoms in total. The van der Waals surface area contributed by atoms with Crippen LogP contribution in [0.1, 0.15) is 20.1 Å². The minimum Gasteiger partial charge on any atom is -0.465 e. The Morgan fingerprint density at radius 3 is 2.69 bits per heavy atom. The fourth-order valence-corrected chi connectivity index (χ4v) is 4.98. The largest absolute Gasteiger partial charge is 0.465 e. The Kier molecular flexibility index (Phi) is 8.67. The number of aliphatic hydroxyl groups is 2. The van der Waals surface area contributed by atoms with Crippen molar-refractivity contribution in [3.63, 3.8) is 0 Å². The first-order chi connectivity index (χ1) is 17.0. The smallest absolute Gasteiger partial charge is 0.459 e. The monoisotopic (exact) mass is 524 g/mol. The molecule has 1 aromatic carbocycles. The Hall–Kier alpha value is -3.06. The molecule has 14 heteroatoms. The van der Waals surface area contributed by atoms with E-state index in [1.807, 2.05) is 0 Å². The quantitative estimate of drug-likeness (QED) is 0.184. The van der Waals surface area contributed by atoms with Crippen LogP contribution in [0.3, 0.4) is 0 Å². The van der Waals surface area contributed by atoms with E-state index in [0.29, 0.717) is 0 Å². The number of rotatable bonds is 11. The number of nitrogens with zero attached hydrogens (tertiary/aromatic N) is 2. The number of ether oxygens (including phenoxy) is 2. The van der Waals surface area contributed by atoms with E-state index in [2.05, 4.69) is 16.7 Å². The normalized spacial score (nSPS) is 26.1. The maximum atomic E-state index is 13.7. The Morgan fingerprint density at radius 2 is 2.08 bits per heavy atom. The molecule has 0 bridgehead atoms. The standard InChI is InChI=1S/C22H29N4O9P/c1-4-22(18(28)17(27)19(34-22)26-12-11-16(23)24-21(26)30)13-33-36(31,25-14(3)20(29)32-5-2)35-15-9-7-6-8-10-15/h4,6-12,14,17-19,27-28H,1,5,13H2,2-3H3,(H,25,31)(H2,23,24,30)/t14-,17+,18-,19+,22+,36?/m0/s1. The number of aromatic nitrogens is 2. The van der Waals surface area contributed by atoms with Crippen LogP contribution in [-0.4, -0.2) is 62.8 Å². The average molecular weight is 524 g/mol. The van der Waals surface area contributed by atoms with Crippen molar-refractivity contribution >= 4 is 19.5 Å². The number of nitrogens with two attached hydrogens (primary N) is 1. The molecule has 5 N–H and O–H groups in total. The number of esters is 1. The molecule has 0 amide bonds. The third-order valence-electron chi connectivity index (χ3n) is 5.35. The van der Waals surface area contributed by atoms with Crippen LogP contribution < -0.4 is 21.0 Å². The van der Waals surface area contributed by atoms with Crippen LogP contribution in [0.4, 0.5) is 5.82 Å². The Morgan fingerprint density at radius 1 is 1.39 bits per heavy atom. The van der Waals surface area contributed by atoms with Crippen LogP contribution in [0.2, 0.25) is 0 Å². The number of hydrogen-bond acceptors (Lipinski definition) is 11. The highest BCUT2D eigenvalue weighted by Gasteiger charge is 2.55. The number of hydrogen-bond donors (Lipinski definition) is 4. The predicted molar refractivity (Wildman–Crippen MR) is 128 cm³/mol. The Labute approximate surface area is 207 Å². The van der Waals surface area contributed by atoms with E-state index in [9.17, 15) is 24.4 Å². The van der Waals surface area contributed by atoms with E-state index in [1.54, 1.807) is 25.1 Å². The highest BCUT2D eigenvalue weighted by molar-refractivity contribution is 7.52. The van der Waals surface area contributed by atoms with Gasteiger partial charge in [0.2, 0.25) is 0 Å². The first-order valence-electron chi connectivity index (χ1n) is 11.0. The zero-order valence-corrected chi connectivity index (χ0v) is 20.6. The summed E-state index contributed by atoms with van der Waals surface area (Å²) >= 11 is 0. The molecule has 0 saturated carbocycles. The van der Waals surface area contributed by atoms with Crippen molar-refractivity contribution < 1.29 is 38.1 Å². The van der Waals surface area contributed by atoms with Gasteiger partial charge in [-0.3, -0.25) is 13.9 Å². The van der Waals surface area contributed by atoms with Gasteiger partial charge in [0.05, 0.1) is 13.2 Å². The van der Waals surface area contributed by atoms with Gasteiger partial charge in [-0.05, 0) is 32.0 Å². The van der Waals surface area contributed by atoms with Crippen LogP contribution >= 0.6 is 7.75 Å². The lowest BCUT2D eigenvalue weighted by Gasteiger charge is -2.30. The van der Waals surface area contributed by atoms with Gasteiger partial charge in [-0.15, -0.1) is 6.58 Å². The maximum Gasteiger partial charge on any atom is 0.459 e. The molecule has 6 atom stereocenters. The molecule has 36 heavy (non-hydrogen) atoms. The van der Waals surface area contributed by atoms with Gasteiger partial charge in [0, 0.05) is 6.20 Å². The third kappa shape index (κ3) is 6.01. The average Bonchev–Trinajstić information content (AvgIpc) is 3.09. The Bertz CT molecular complexity index is 1180. The molecule has 2 heterocycles. The summed E-state index contributed by atoms with van der Waals surface area (Å²) in [5.74, 6) is -0.565. The number of nitrogens with one attached hydrogen (secondary N) is 1. The van der Waals surface area contributed by atoms with E-state index >= 15 is 0 Å². The van der Waals surface area contributed by atoms with Crippen LogP contribution in [-0.2, 0) is 23.4 Å². The summed E-state index contributed by atoms with van der Waals surface area (Å²) in [6, 6.07) is 8.28. The molecule has 2 aromatic rings. The highest BCUT2D eigenvalue weighted by Crippen LogP contribution is 2.48. The summed E-state index contributed by atoms with van der Waals surface area (Å²) in [6.07, 6.45) is -2.26. The zero-order valence-electron chi connectivity index (χ0n) is 19.7. The molecular weight excluding hydrogens is 495 g/mol. The second-order valence-corrected chi connectivity index (χ2v) is 9.62. The summed E-state index contributed by atoms with van der Waals surface area (Å²) in [5, 5.41) is 23.9. The molecule has 196 valence electrons. The van der Waals surface area contributed by atoms with Crippen molar-refractivity contribution in [2.24, 2.45) is 0 Å². The minimum absolute atomic E-state index is 0.0385. The lowest BCUT2D eigenvalue weighted by molar-refractivity contribution is -0.144. The number of benzene rings is 1. The lowest BCUT2D eigenvalue weighted by Crippen LogP contribution is -2.46. The van der Waals surface area contributed by atoms with Crippen LogP contribution in [0.25, 0.3) is 0 Å². The topological polar surface area (TPSA) is 184 Å². The summed E-state index contributed by atoms with van der Waals surface area (Å²) in [7, 11) is -4.31. The summed E-state index contributed by atoms with van der Waals surface area (Å²) < 4.78 is 36.5. The molecule has 0 spiro atoms. The van der Waals surface area contributed by atoms with Crippen LogP contribution in [0.5, 0.6) is 5.75 Å². The van der Waals surface area contributed by atoms with Gasteiger partial charge in [-0.1, -0.05) is 24.3 Å². The fourth-order valence-electron chi connectivity index (χ4n) is 3.45. The fraction of sp³-hybridized carbons (Fsp3) is 0.409. The van der Waals surface area contributed by atoms with Crippen molar-refractivity contribution in [1.82, 2.24) is 14.6 Å². The van der Waals surface area contributed by atoms with Crippen molar-refractivity contribution in [2.45, 2.75) is 43.9 Å². The highest BCUT2D eigenvalue weighted by atomic mass is 31.2. The van der Waals surface area contributed by atoms with Gasteiger partial charge in [0.25, 0.3) is 0 Å². The van der Waals surface area contributed by atoms with E-state index in [1.165, 1.54) is 31.3 Å². The third-order valence-corrected chi connectivity index (χ3v) is 6.97. The molecular formula is C22H29N4O9P. The van der Waals surface area contributed by atoms with Gasteiger partial charge < -0.3 is 29.9 Å². The first kappa shape index (κ1) is 27.5. The van der Waals surface area contributed by atoms with Crippen molar-refractivity contribution in [2.75, 3.05) is 18.9 Å². The molecule has 0 radical (unpaired) electrons. The maximum absolute atomic E-state index is 13.7. The number of carbonyl (C=O) groups is 1. The van der Waals surface area contributed by atoms with Crippen molar-refractivity contribution in [1.29, 1.82) is 0 Å². The van der Waals surface area contributed by atoms with Crippen molar-refractivity contribution in [3.8, 4) is 5.75 Å². The van der Waals surface area contributed by atoms with E-state index < -0.39 is 56.1 Å². The van der Waals surface area contributed by atoms with Gasteiger partial charge >= 0.3 is 19.4 Å². The first-order valence-corrected chi connectivity index (χ1v) is 12.5. The summed E-state index contributed by atoms with van der Waals surface area (Å²) in [4.78, 5) is 28.0. The van der Waals surface area contributed by atoms with Gasteiger partial charge in [0.1, 0.15) is 35.4 Å². The van der Waals surface area contributed by atoms with Crippen molar-refractivity contribution in [3.05, 3.63) is 65.7 Å². The molecule has 1 fully saturated rings. The molecule has 1 aromatic heterocycles. The predicted octanol–water partition coefficient (Wildman–Crippen LogP) is 0.746. The molecule has 1 aliphatic rings. The molecule has 1 saturated heterocycles. The second kappa shape index (κ2) is 11.3. The molecule has 1 aliphatic heterocycles. The summed E-state index contributed by atoms with van der Waals surface area (Å²) in [6.45, 7) is 6.13.